The van der Waals surface area contributed by atoms with Gasteiger partial charge in [0.05, 0.1) is 10.6 Å². The molecular weight excluding hydrogens is 419 g/mol. The highest BCUT2D eigenvalue weighted by Crippen LogP contribution is 2.24. The molecule has 0 bridgehead atoms. The Balaban J connectivity index is 1.79. The Morgan fingerprint density at radius 3 is 2.25 bits per heavy atom. The third-order valence-electron chi connectivity index (χ3n) is 3.94. The first kappa shape index (κ1) is 20.2. The molecule has 0 atom stereocenters. The average molecular weight is 435 g/mol. The highest BCUT2D eigenvalue weighted by atomic mass is 35.5. The van der Waals surface area contributed by atoms with Crippen LogP contribution in [0.4, 0.5) is 11.4 Å². The molecule has 0 saturated carbocycles. The van der Waals surface area contributed by atoms with Crippen LogP contribution < -0.4 is 10.0 Å². The number of hydrogen-bond acceptors (Lipinski definition) is 3. The minimum absolute atomic E-state index is 0.0782. The Bertz CT molecular complexity index is 1130. The molecule has 0 aliphatic rings. The number of carbonyl (C=O) groups excluding carboxylic acids is 1. The van der Waals surface area contributed by atoms with Crippen molar-refractivity contribution in [1.29, 1.82) is 0 Å². The smallest absolute Gasteiger partial charge is 0.261 e. The fraction of sp³-hybridized carbons (Fsp3) is 0.0500. The lowest BCUT2D eigenvalue weighted by atomic mass is 10.1. The number of benzene rings is 3. The van der Waals surface area contributed by atoms with E-state index in [2.05, 4.69) is 10.0 Å². The summed E-state index contributed by atoms with van der Waals surface area (Å²) < 4.78 is 27.7. The number of nitrogens with one attached hydrogen (secondary N) is 2. The maximum absolute atomic E-state index is 12.6. The molecule has 3 aromatic carbocycles. The predicted molar refractivity (Wildman–Crippen MR) is 113 cm³/mol. The van der Waals surface area contributed by atoms with Gasteiger partial charge in [0.15, 0.2) is 0 Å². The van der Waals surface area contributed by atoms with Crippen LogP contribution in [0.5, 0.6) is 0 Å². The summed E-state index contributed by atoms with van der Waals surface area (Å²) in [7, 11) is -3.79. The first-order valence-corrected chi connectivity index (χ1v) is 10.4. The first-order valence-electron chi connectivity index (χ1n) is 8.20. The van der Waals surface area contributed by atoms with Crippen molar-refractivity contribution < 1.29 is 13.2 Å². The SMILES string of the molecule is Cc1cc(S(=O)(=O)Nc2cccc(Cl)c2)ccc1NC(=O)c1ccc(Cl)cc1. The van der Waals surface area contributed by atoms with Gasteiger partial charge in [-0.3, -0.25) is 9.52 Å². The van der Waals surface area contributed by atoms with E-state index in [1.54, 1.807) is 55.5 Å². The van der Waals surface area contributed by atoms with E-state index in [4.69, 9.17) is 23.2 Å². The molecule has 0 radical (unpaired) electrons. The van der Waals surface area contributed by atoms with Gasteiger partial charge < -0.3 is 5.32 Å². The summed E-state index contributed by atoms with van der Waals surface area (Å²) in [5.41, 5.74) is 1.94. The number of rotatable bonds is 5. The summed E-state index contributed by atoms with van der Waals surface area (Å²) >= 11 is 11.7. The number of amides is 1. The fourth-order valence-electron chi connectivity index (χ4n) is 2.51. The molecule has 144 valence electrons. The Labute approximate surface area is 173 Å². The topological polar surface area (TPSA) is 75.3 Å². The van der Waals surface area contributed by atoms with E-state index in [9.17, 15) is 13.2 Å². The van der Waals surface area contributed by atoms with Gasteiger partial charge in [0.25, 0.3) is 15.9 Å². The highest BCUT2D eigenvalue weighted by Gasteiger charge is 2.16. The molecule has 0 heterocycles. The molecule has 1 amide bonds. The monoisotopic (exact) mass is 434 g/mol. The third-order valence-corrected chi connectivity index (χ3v) is 5.81. The van der Waals surface area contributed by atoms with Crippen LogP contribution in [-0.4, -0.2) is 14.3 Å². The van der Waals surface area contributed by atoms with Crippen molar-refractivity contribution in [3.05, 3.63) is 87.9 Å². The zero-order valence-corrected chi connectivity index (χ0v) is 17.1. The van der Waals surface area contributed by atoms with Crippen LogP contribution in [0, 0.1) is 6.92 Å². The number of aryl methyl sites for hydroxylation is 1. The van der Waals surface area contributed by atoms with Gasteiger partial charge in [-0.2, -0.15) is 0 Å². The fourth-order valence-corrected chi connectivity index (χ4v) is 3.96. The Morgan fingerprint density at radius 2 is 1.61 bits per heavy atom. The van der Waals surface area contributed by atoms with E-state index in [-0.39, 0.29) is 10.8 Å². The maximum Gasteiger partial charge on any atom is 0.261 e. The lowest BCUT2D eigenvalue weighted by Crippen LogP contribution is -2.15. The third kappa shape index (κ3) is 4.84. The van der Waals surface area contributed by atoms with E-state index in [1.165, 1.54) is 18.2 Å². The summed E-state index contributed by atoms with van der Waals surface area (Å²) in [4.78, 5) is 12.4. The van der Waals surface area contributed by atoms with Crippen LogP contribution in [0.1, 0.15) is 15.9 Å². The summed E-state index contributed by atoms with van der Waals surface area (Å²) in [5, 5.41) is 3.73. The molecule has 3 rings (SSSR count). The van der Waals surface area contributed by atoms with Crippen molar-refractivity contribution in [3.63, 3.8) is 0 Å². The van der Waals surface area contributed by atoms with Crippen LogP contribution in [0.25, 0.3) is 0 Å². The Morgan fingerprint density at radius 1 is 0.893 bits per heavy atom. The van der Waals surface area contributed by atoms with E-state index >= 15 is 0 Å². The van der Waals surface area contributed by atoms with Gasteiger partial charge in [-0.1, -0.05) is 29.3 Å². The summed E-state index contributed by atoms with van der Waals surface area (Å²) in [6, 6.07) is 17.4. The van der Waals surface area contributed by atoms with Gasteiger partial charge in [0.2, 0.25) is 0 Å². The number of hydrogen-bond donors (Lipinski definition) is 2. The van der Waals surface area contributed by atoms with E-state index in [0.29, 0.717) is 32.5 Å². The number of sulfonamides is 1. The van der Waals surface area contributed by atoms with Gasteiger partial charge in [0, 0.05) is 21.3 Å². The second-order valence-corrected chi connectivity index (χ2v) is 8.61. The van der Waals surface area contributed by atoms with Crippen LogP contribution in [-0.2, 0) is 10.0 Å². The largest absolute Gasteiger partial charge is 0.322 e. The molecule has 0 aliphatic heterocycles. The molecule has 8 heteroatoms. The second kappa shape index (κ2) is 8.22. The predicted octanol–water partition coefficient (Wildman–Crippen LogP) is 5.35. The standard InChI is InChI=1S/C20H16Cl2N2O3S/c1-13-11-18(28(26,27)24-17-4-2-3-16(22)12-17)9-10-19(13)23-20(25)14-5-7-15(21)8-6-14/h2-12,24H,1H3,(H,23,25). The molecular formula is C20H16Cl2N2O3S. The van der Waals surface area contributed by atoms with Crippen molar-refractivity contribution in [3.8, 4) is 0 Å². The summed E-state index contributed by atoms with van der Waals surface area (Å²) in [6.07, 6.45) is 0. The normalized spacial score (nSPS) is 11.1. The van der Waals surface area contributed by atoms with Gasteiger partial charge in [-0.25, -0.2) is 8.42 Å². The minimum Gasteiger partial charge on any atom is -0.322 e. The second-order valence-electron chi connectivity index (χ2n) is 6.05. The molecule has 5 nitrogen and oxygen atoms in total. The van der Waals surface area contributed by atoms with Crippen LogP contribution in [0.15, 0.2) is 71.6 Å². The zero-order valence-electron chi connectivity index (χ0n) is 14.7. The summed E-state index contributed by atoms with van der Waals surface area (Å²) in [5.74, 6) is -0.313. The molecule has 0 spiro atoms. The number of carbonyl (C=O) groups is 1. The Kier molecular flexibility index (Phi) is 5.93. The number of anilines is 2. The molecule has 28 heavy (non-hydrogen) atoms. The number of halogens is 2. The maximum atomic E-state index is 12.6. The van der Waals surface area contributed by atoms with Crippen molar-refractivity contribution in [2.75, 3.05) is 10.0 Å². The highest BCUT2D eigenvalue weighted by molar-refractivity contribution is 7.92. The first-order chi connectivity index (χ1) is 13.2. The Hall–Kier alpha value is -2.54. The molecule has 0 unspecified atom stereocenters. The molecule has 0 saturated heterocycles. The van der Waals surface area contributed by atoms with Crippen molar-refractivity contribution >= 4 is 50.5 Å². The van der Waals surface area contributed by atoms with E-state index in [1.807, 2.05) is 0 Å². The molecule has 0 aromatic heterocycles. The van der Waals surface area contributed by atoms with E-state index < -0.39 is 10.0 Å². The van der Waals surface area contributed by atoms with Crippen molar-refractivity contribution in [2.45, 2.75) is 11.8 Å². The molecule has 2 N–H and O–H groups in total. The lowest BCUT2D eigenvalue weighted by molar-refractivity contribution is 0.102. The quantitative estimate of drug-likeness (QED) is 0.567. The van der Waals surface area contributed by atoms with Crippen LogP contribution >= 0.6 is 23.2 Å². The lowest BCUT2D eigenvalue weighted by Gasteiger charge is -2.12. The molecule has 3 aromatic rings. The van der Waals surface area contributed by atoms with E-state index in [0.717, 1.165) is 0 Å². The summed E-state index contributed by atoms with van der Waals surface area (Å²) in [6.45, 7) is 1.72. The van der Waals surface area contributed by atoms with Gasteiger partial charge in [-0.15, -0.1) is 0 Å². The van der Waals surface area contributed by atoms with Gasteiger partial charge in [-0.05, 0) is 73.2 Å². The zero-order chi connectivity index (χ0) is 20.3. The van der Waals surface area contributed by atoms with Crippen molar-refractivity contribution in [2.24, 2.45) is 0 Å². The average Bonchev–Trinajstić information content (AvgIpc) is 2.63. The van der Waals surface area contributed by atoms with Crippen molar-refractivity contribution in [1.82, 2.24) is 0 Å². The van der Waals surface area contributed by atoms with Gasteiger partial charge in [0.1, 0.15) is 0 Å². The van der Waals surface area contributed by atoms with Crippen LogP contribution in [0.3, 0.4) is 0 Å². The van der Waals surface area contributed by atoms with Crippen LogP contribution in [0.2, 0.25) is 10.0 Å². The molecule has 0 aliphatic carbocycles. The molecule has 0 fully saturated rings. The van der Waals surface area contributed by atoms with Gasteiger partial charge >= 0.3 is 0 Å². The minimum atomic E-state index is -3.79.